The topological polar surface area (TPSA) is 20.2 Å². The zero-order valence-corrected chi connectivity index (χ0v) is 6.80. The molecule has 2 aliphatic carbocycles. The highest BCUT2D eigenvalue weighted by Crippen LogP contribution is 2.62. The molecule has 3 unspecified atom stereocenters. The van der Waals surface area contributed by atoms with E-state index in [4.69, 9.17) is 0 Å². The standard InChI is InChI=1S/C10H8F2O/c11-6-1-2-7(12)9-8(6)4-3-5(4)10(9)13/h1-2,4-5,10,13H,3H2. The summed E-state index contributed by atoms with van der Waals surface area (Å²) in [6.45, 7) is 0. The van der Waals surface area contributed by atoms with Gasteiger partial charge in [0.25, 0.3) is 0 Å². The third-order valence-corrected chi connectivity index (χ3v) is 3.09. The van der Waals surface area contributed by atoms with Crippen LogP contribution in [-0.4, -0.2) is 5.11 Å². The van der Waals surface area contributed by atoms with Gasteiger partial charge in [-0.25, -0.2) is 8.78 Å². The van der Waals surface area contributed by atoms with Crippen molar-refractivity contribution in [3.63, 3.8) is 0 Å². The van der Waals surface area contributed by atoms with E-state index in [0.717, 1.165) is 18.6 Å². The van der Waals surface area contributed by atoms with E-state index in [9.17, 15) is 13.9 Å². The zero-order chi connectivity index (χ0) is 9.16. The summed E-state index contributed by atoms with van der Waals surface area (Å²) in [6, 6.07) is 2.23. The molecule has 0 amide bonds. The molecule has 0 spiro atoms. The van der Waals surface area contributed by atoms with Crippen molar-refractivity contribution in [3.05, 3.63) is 34.9 Å². The molecule has 0 aliphatic heterocycles. The van der Waals surface area contributed by atoms with Gasteiger partial charge in [-0.05, 0) is 30.4 Å². The van der Waals surface area contributed by atoms with E-state index in [2.05, 4.69) is 0 Å². The van der Waals surface area contributed by atoms with Gasteiger partial charge in [-0.15, -0.1) is 0 Å². The van der Waals surface area contributed by atoms with E-state index < -0.39 is 11.9 Å². The molecule has 1 saturated carbocycles. The first kappa shape index (κ1) is 7.44. The summed E-state index contributed by atoms with van der Waals surface area (Å²) in [7, 11) is 0. The van der Waals surface area contributed by atoms with Crippen molar-refractivity contribution in [2.24, 2.45) is 5.92 Å². The average Bonchev–Trinajstić information content (AvgIpc) is 2.82. The van der Waals surface area contributed by atoms with Gasteiger partial charge in [0.05, 0.1) is 6.10 Å². The SMILES string of the molecule is OC1c2c(F)ccc(F)c2C2CC12. The maximum Gasteiger partial charge on any atom is 0.129 e. The third kappa shape index (κ3) is 0.779. The van der Waals surface area contributed by atoms with Crippen molar-refractivity contribution in [2.45, 2.75) is 18.4 Å². The Hall–Kier alpha value is -0.960. The van der Waals surface area contributed by atoms with Crippen LogP contribution in [0.25, 0.3) is 0 Å². The summed E-state index contributed by atoms with van der Waals surface area (Å²) < 4.78 is 26.4. The second-order valence-electron chi connectivity index (χ2n) is 3.81. The number of hydrogen-bond acceptors (Lipinski definition) is 1. The minimum atomic E-state index is -0.782. The van der Waals surface area contributed by atoms with Gasteiger partial charge in [0.15, 0.2) is 0 Å². The molecule has 0 heterocycles. The molecule has 0 bridgehead atoms. The number of hydrogen-bond donors (Lipinski definition) is 1. The maximum atomic E-state index is 13.2. The van der Waals surface area contributed by atoms with Gasteiger partial charge in [-0.2, -0.15) is 0 Å². The van der Waals surface area contributed by atoms with Gasteiger partial charge in [-0.1, -0.05) is 0 Å². The molecule has 3 rings (SSSR count). The molecular weight excluding hydrogens is 174 g/mol. The lowest BCUT2D eigenvalue weighted by molar-refractivity contribution is 0.156. The van der Waals surface area contributed by atoms with Gasteiger partial charge in [0.1, 0.15) is 11.6 Å². The van der Waals surface area contributed by atoms with Gasteiger partial charge in [0, 0.05) is 11.1 Å². The molecule has 0 aromatic heterocycles. The molecule has 1 aromatic rings. The first-order valence-electron chi connectivity index (χ1n) is 4.36. The highest BCUT2D eigenvalue weighted by molar-refractivity contribution is 5.45. The Morgan fingerprint density at radius 3 is 2.38 bits per heavy atom. The van der Waals surface area contributed by atoms with Crippen LogP contribution in [0.2, 0.25) is 0 Å². The Bertz CT molecular complexity index is 368. The fourth-order valence-corrected chi connectivity index (χ4v) is 2.37. The Morgan fingerprint density at radius 2 is 1.77 bits per heavy atom. The fourth-order valence-electron chi connectivity index (χ4n) is 2.37. The Kier molecular flexibility index (Phi) is 1.20. The molecule has 3 heteroatoms. The monoisotopic (exact) mass is 182 g/mol. The van der Waals surface area contributed by atoms with Crippen LogP contribution in [0.4, 0.5) is 8.78 Å². The van der Waals surface area contributed by atoms with Crippen LogP contribution in [0.3, 0.4) is 0 Å². The molecule has 68 valence electrons. The average molecular weight is 182 g/mol. The van der Waals surface area contributed by atoms with Crippen LogP contribution >= 0.6 is 0 Å². The minimum Gasteiger partial charge on any atom is -0.388 e. The van der Waals surface area contributed by atoms with Crippen LogP contribution in [0.1, 0.15) is 29.6 Å². The minimum absolute atomic E-state index is 0.0701. The normalized spacial score (nSPS) is 34.2. The molecule has 1 fully saturated rings. The Balaban J connectivity index is 2.29. The van der Waals surface area contributed by atoms with Gasteiger partial charge >= 0.3 is 0 Å². The first-order valence-corrected chi connectivity index (χ1v) is 4.36. The number of aliphatic hydroxyl groups excluding tert-OH is 1. The van der Waals surface area contributed by atoms with E-state index in [1.54, 1.807) is 0 Å². The molecule has 0 radical (unpaired) electrons. The van der Waals surface area contributed by atoms with Crippen LogP contribution in [0, 0.1) is 17.6 Å². The smallest absolute Gasteiger partial charge is 0.129 e. The number of rotatable bonds is 0. The van der Waals surface area contributed by atoms with E-state index in [0.29, 0.717) is 5.56 Å². The number of aliphatic hydroxyl groups is 1. The summed E-state index contributed by atoms with van der Waals surface area (Å²) in [5.41, 5.74) is 0.610. The molecule has 3 atom stereocenters. The summed E-state index contributed by atoms with van der Waals surface area (Å²) in [5, 5.41) is 9.59. The second kappa shape index (κ2) is 2.10. The van der Waals surface area contributed by atoms with Crippen LogP contribution < -0.4 is 0 Å². The summed E-state index contributed by atoms with van der Waals surface area (Å²) in [5.74, 6) is -0.710. The van der Waals surface area contributed by atoms with E-state index >= 15 is 0 Å². The van der Waals surface area contributed by atoms with Crippen molar-refractivity contribution in [1.82, 2.24) is 0 Å². The lowest BCUT2D eigenvalue weighted by Crippen LogP contribution is -2.01. The zero-order valence-electron chi connectivity index (χ0n) is 6.80. The lowest BCUT2D eigenvalue weighted by atomic mass is 10.0. The highest BCUT2D eigenvalue weighted by Gasteiger charge is 2.53. The van der Waals surface area contributed by atoms with E-state index in [1.807, 2.05) is 0 Å². The van der Waals surface area contributed by atoms with Crippen molar-refractivity contribution in [3.8, 4) is 0 Å². The number of halogens is 2. The third-order valence-electron chi connectivity index (χ3n) is 3.09. The first-order chi connectivity index (χ1) is 6.20. The van der Waals surface area contributed by atoms with E-state index in [-0.39, 0.29) is 23.2 Å². The van der Waals surface area contributed by atoms with Crippen LogP contribution in [-0.2, 0) is 0 Å². The highest BCUT2D eigenvalue weighted by atomic mass is 19.1. The van der Waals surface area contributed by atoms with Crippen LogP contribution in [0.15, 0.2) is 12.1 Å². The van der Waals surface area contributed by atoms with Gasteiger partial charge in [0.2, 0.25) is 0 Å². The molecule has 0 saturated heterocycles. The summed E-state index contributed by atoms with van der Waals surface area (Å²) in [6.07, 6.45) is 0.0184. The second-order valence-corrected chi connectivity index (χ2v) is 3.81. The summed E-state index contributed by atoms with van der Waals surface area (Å²) in [4.78, 5) is 0. The predicted octanol–water partition coefficient (Wildman–Crippen LogP) is 2.12. The molecule has 1 aromatic carbocycles. The van der Waals surface area contributed by atoms with E-state index in [1.165, 1.54) is 0 Å². The molecule has 2 aliphatic rings. The number of benzene rings is 1. The van der Waals surface area contributed by atoms with Crippen molar-refractivity contribution in [2.75, 3.05) is 0 Å². The molecule has 13 heavy (non-hydrogen) atoms. The predicted molar refractivity (Wildman–Crippen MR) is 42.2 cm³/mol. The number of fused-ring (bicyclic) bond motifs is 3. The summed E-state index contributed by atoms with van der Waals surface area (Å²) >= 11 is 0. The largest absolute Gasteiger partial charge is 0.388 e. The molecule has 1 nitrogen and oxygen atoms in total. The van der Waals surface area contributed by atoms with Gasteiger partial charge in [-0.3, -0.25) is 0 Å². The van der Waals surface area contributed by atoms with Crippen molar-refractivity contribution >= 4 is 0 Å². The van der Waals surface area contributed by atoms with Crippen molar-refractivity contribution in [1.29, 1.82) is 0 Å². The molecule has 1 N–H and O–H groups in total. The lowest BCUT2D eigenvalue weighted by Gasteiger charge is -2.09. The van der Waals surface area contributed by atoms with Gasteiger partial charge < -0.3 is 5.11 Å². The maximum absolute atomic E-state index is 13.2. The Morgan fingerprint density at radius 1 is 1.15 bits per heavy atom. The van der Waals surface area contributed by atoms with Crippen LogP contribution in [0.5, 0.6) is 0 Å². The Labute approximate surface area is 74.0 Å². The van der Waals surface area contributed by atoms with Crippen molar-refractivity contribution < 1.29 is 13.9 Å². The quantitative estimate of drug-likeness (QED) is 0.651. The fraction of sp³-hybridized carbons (Fsp3) is 0.400. The molecular formula is C10H8F2O.